The van der Waals surface area contributed by atoms with Gasteiger partial charge in [0.05, 0.1) is 29.9 Å². The zero-order valence-electron chi connectivity index (χ0n) is 14.2. The molecule has 0 N–H and O–H groups in total. The van der Waals surface area contributed by atoms with Crippen molar-refractivity contribution in [1.29, 1.82) is 0 Å². The number of rotatable bonds is 11. The molecule has 2 aromatic carbocycles. The lowest BCUT2D eigenvalue weighted by atomic mass is 10.2. The molecule has 2 rings (SSSR count). The van der Waals surface area contributed by atoms with Crippen LogP contribution in [0, 0.1) is 0 Å². The molecule has 2 aromatic rings. The summed E-state index contributed by atoms with van der Waals surface area (Å²) in [5.74, 6) is 1.03. The van der Waals surface area contributed by atoms with E-state index >= 15 is 0 Å². The van der Waals surface area contributed by atoms with Gasteiger partial charge >= 0.3 is 0 Å². The van der Waals surface area contributed by atoms with Gasteiger partial charge in [0, 0.05) is 18.7 Å². The molecule has 25 heavy (non-hydrogen) atoms. The van der Waals surface area contributed by atoms with Crippen LogP contribution in [0.3, 0.4) is 0 Å². The maximum Gasteiger partial charge on any atom is 0.156 e. The molecule has 136 valence electrons. The van der Waals surface area contributed by atoms with Gasteiger partial charge in [-0.05, 0) is 12.5 Å². The molecule has 0 saturated carbocycles. The number of hydrogen-bond acceptors (Lipinski definition) is 4. The average Bonchev–Trinajstić information content (AvgIpc) is 2.62. The topological polar surface area (TPSA) is 36.9 Å². The second kappa shape index (κ2) is 11.2. The largest absolute Gasteiger partial charge is 0.489 e. The fourth-order valence-electron chi connectivity index (χ4n) is 2.07. The van der Waals surface area contributed by atoms with E-state index in [-0.39, 0.29) is 0 Å². The van der Waals surface area contributed by atoms with Gasteiger partial charge in [0.2, 0.25) is 0 Å². The third kappa shape index (κ3) is 7.12. The van der Waals surface area contributed by atoms with Gasteiger partial charge in [0.15, 0.2) is 5.75 Å². The highest BCUT2D eigenvalue weighted by Crippen LogP contribution is 2.37. The van der Waals surface area contributed by atoms with Crippen LogP contribution in [0.15, 0.2) is 42.5 Å². The van der Waals surface area contributed by atoms with Crippen LogP contribution in [0.4, 0.5) is 0 Å². The Labute approximate surface area is 158 Å². The lowest BCUT2D eigenvalue weighted by Crippen LogP contribution is -2.11. The highest BCUT2D eigenvalue weighted by atomic mass is 35.5. The number of benzene rings is 2. The van der Waals surface area contributed by atoms with Gasteiger partial charge in [0.25, 0.3) is 0 Å². The average molecular weight is 385 g/mol. The molecule has 0 heterocycles. The molecular weight excluding hydrogens is 363 g/mol. The first-order valence-electron chi connectivity index (χ1n) is 8.14. The van der Waals surface area contributed by atoms with Gasteiger partial charge < -0.3 is 18.9 Å². The summed E-state index contributed by atoms with van der Waals surface area (Å²) < 4.78 is 21.9. The molecule has 0 aromatic heterocycles. The number of halogens is 2. The molecule has 0 unspecified atom stereocenters. The van der Waals surface area contributed by atoms with Crippen molar-refractivity contribution in [3.63, 3.8) is 0 Å². The minimum absolute atomic E-state index is 0.357. The summed E-state index contributed by atoms with van der Waals surface area (Å²) in [6.07, 6.45) is 0. The molecule has 6 heteroatoms. The standard InChI is InChI=1S/C19H22Cl2O4/c1-2-22-8-9-23-10-11-24-19-17(20)12-16(13-18(19)21)25-14-15-6-4-3-5-7-15/h3-7,12-13H,2,8-11,14H2,1H3. The zero-order valence-corrected chi connectivity index (χ0v) is 15.7. The third-order valence-electron chi connectivity index (χ3n) is 3.27. The van der Waals surface area contributed by atoms with Gasteiger partial charge in [0.1, 0.15) is 19.0 Å². The third-order valence-corrected chi connectivity index (χ3v) is 3.83. The molecule has 0 aliphatic heterocycles. The van der Waals surface area contributed by atoms with Crippen molar-refractivity contribution in [2.24, 2.45) is 0 Å². The van der Waals surface area contributed by atoms with Crippen LogP contribution >= 0.6 is 23.2 Å². The van der Waals surface area contributed by atoms with Gasteiger partial charge in [-0.15, -0.1) is 0 Å². The fraction of sp³-hybridized carbons (Fsp3) is 0.368. The van der Waals surface area contributed by atoms with Crippen LogP contribution in [-0.2, 0) is 16.1 Å². The van der Waals surface area contributed by atoms with Crippen molar-refractivity contribution in [3.8, 4) is 11.5 Å². The second-order valence-electron chi connectivity index (χ2n) is 5.15. The first-order valence-corrected chi connectivity index (χ1v) is 8.90. The van der Waals surface area contributed by atoms with E-state index in [1.54, 1.807) is 12.1 Å². The second-order valence-corrected chi connectivity index (χ2v) is 5.96. The van der Waals surface area contributed by atoms with Crippen molar-refractivity contribution in [1.82, 2.24) is 0 Å². The van der Waals surface area contributed by atoms with E-state index in [4.69, 9.17) is 42.1 Å². The minimum Gasteiger partial charge on any atom is -0.489 e. The summed E-state index contributed by atoms with van der Waals surface area (Å²) in [7, 11) is 0. The monoisotopic (exact) mass is 384 g/mol. The molecule has 0 aliphatic rings. The smallest absolute Gasteiger partial charge is 0.156 e. The normalized spacial score (nSPS) is 10.7. The number of ether oxygens (including phenoxy) is 4. The van der Waals surface area contributed by atoms with E-state index in [2.05, 4.69) is 0 Å². The summed E-state index contributed by atoms with van der Waals surface area (Å²) in [5.41, 5.74) is 1.07. The van der Waals surface area contributed by atoms with Crippen molar-refractivity contribution < 1.29 is 18.9 Å². The molecule has 0 atom stereocenters. The molecule has 0 amide bonds. The summed E-state index contributed by atoms with van der Waals surface area (Å²) in [4.78, 5) is 0. The van der Waals surface area contributed by atoms with Crippen molar-refractivity contribution in [2.45, 2.75) is 13.5 Å². The van der Waals surface area contributed by atoms with E-state index in [1.165, 1.54) is 0 Å². The molecule has 0 spiro atoms. The van der Waals surface area contributed by atoms with E-state index in [9.17, 15) is 0 Å². The molecule has 0 fully saturated rings. The Morgan fingerprint density at radius 2 is 1.44 bits per heavy atom. The Hall–Kier alpha value is -1.46. The lowest BCUT2D eigenvalue weighted by Gasteiger charge is -2.13. The van der Waals surface area contributed by atoms with Crippen molar-refractivity contribution in [3.05, 3.63) is 58.1 Å². The van der Waals surface area contributed by atoms with E-state index < -0.39 is 0 Å². The Morgan fingerprint density at radius 1 is 0.800 bits per heavy atom. The lowest BCUT2D eigenvalue weighted by molar-refractivity contribution is 0.0405. The van der Waals surface area contributed by atoms with Crippen molar-refractivity contribution >= 4 is 23.2 Å². The molecule has 4 nitrogen and oxygen atoms in total. The fourth-order valence-corrected chi connectivity index (χ4v) is 2.64. The Balaban J connectivity index is 1.80. The molecule has 0 radical (unpaired) electrons. The van der Waals surface area contributed by atoms with Crippen LogP contribution in [0.5, 0.6) is 11.5 Å². The molecule has 0 bridgehead atoms. The Kier molecular flexibility index (Phi) is 8.91. The molecular formula is C19H22Cl2O4. The summed E-state index contributed by atoms with van der Waals surface area (Å²) in [6.45, 7) is 4.98. The van der Waals surface area contributed by atoms with Gasteiger partial charge in [-0.1, -0.05) is 53.5 Å². The van der Waals surface area contributed by atoms with E-state index in [0.717, 1.165) is 5.56 Å². The Morgan fingerprint density at radius 3 is 2.12 bits per heavy atom. The molecule has 0 saturated heterocycles. The maximum absolute atomic E-state index is 6.25. The zero-order chi connectivity index (χ0) is 17.9. The van der Waals surface area contributed by atoms with Crippen LogP contribution in [0.1, 0.15) is 12.5 Å². The summed E-state index contributed by atoms with van der Waals surface area (Å²) >= 11 is 12.5. The summed E-state index contributed by atoms with van der Waals surface area (Å²) in [5, 5.41) is 0.815. The predicted molar refractivity (Wildman–Crippen MR) is 100 cm³/mol. The van der Waals surface area contributed by atoms with Crippen LogP contribution in [0.25, 0.3) is 0 Å². The van der Waals surface area contributed by atoms with E-state index in [1.807, 2.05) is 37.3 Å². The van der Waals surface area contributed by atoms with E-state index in [0.29, 0.717) is 61.2 Å². The van der Waals surface area contributed by atoms with Crippen molar-refractivity contribution in [2.75, 3.05) is 33.0 Å². The number of hydrogen-bond donors (Lipinski definition) is 0. The van der Waals surface area contributed by atoms with Gasteiger partial charge in [-0.2, -0.15) is 0 Å². The Bertz CT molecular complexity index is 612. The first kappa shape index (κ1) is 19.9. The van der Waals surface area contributed by atoms with Crippen LogP contribution in [-0.4, -0.2) is 33.0 Å². The summed E-state index contributed by atoms with van der Waals surface area (Å²) in [6, 6.07) is 13.3. The molecule has 0 aliphatic carbocycles. The first-order chi connectivity index (χ1) is 12.2. The van der Waals surface area contributed by atoms with Crippen LogP contribution in [0.2, 0.25) is 10.0 Å². The quantitative estimate of drug-likeness (QED) is 0.510. The predicted octanol–water partition coefficient (Wildman–Crippen LogP) is 5.00. The van der Waals surface area contributed by atoms with Gasteiger partial charge in [-0.25, -0.2) is 0 Å². The minimum atomic E-state index is 0.357. The highest BCUT2D eigenvalue weighted by molar-refractivity contribution is 6.37. The van der Waals surface area contributed by atoms with Crippen LogP contribution < -0.4 is 9.47 Å². The SMILES string of the molecule is CCOCCOCCOc1c(Cl)cc(OCc2ccccc2)cc1Cl. The van der Waals surface area contributed by atoms with Gasteiger partial charge in [-0.3, -0.25) is 0 Å². The highest BCUT2D eigenvalue weighted by Gasteiger charge is 2.11. The maximum atomic E-state index is 6.25.